The molecule has 0 spiro atoms. The number of hydrogen-bond acceptors (Lipinski definition) is 5. The molecule has 0 aliphatic heterocycles. The third-order valence-electron chi connectivity index (χ3n) is 5.84. The average Bonchev–Trinajstić information content (AvgIpc) is 3.40. The number of rotatable bonds is 6. The van der Waals surface area contributed by atoms with Gasteiger partial charge in [0.15, 0.2) is 11.6 Å². The minimum absolute atomic E-state index is 0.460. The van der Waals surface area contributed by atoms with Crippen molar-refractivity contribution < 1.29 is 0 Å². The second kappa shape index (κ2) is 10.0. The zero-order valence-corrected chi connectivity index (χ0v) is 20.4. The summed E-state index contributed by atoms with van der Waals surface area (Å²) in [4.78, 5) is 9.78. The molecule has 0 atom stereocenters. The molecule has 0 amide bonds. The number of anilines is 1. The lowest BCUT2D eigenvalue weighted by Crippen LogP contribution is -2.08. The Labute approximate surface area is 218 Å². The highest BCUT2D eigenvalue weighted by Gasteiger charge is 2.19. The summed E-state index contributed by atoms with van der Waals surface area (Å²) in [5, 5.41) is 10.0. The van der Waals surface area contributed by atoms with Gasteiger partial charge < -0.3 is 0 Å². The molecule has 1 N–H and O–H groups in total. The fourth-order valence-corrected chi connectivity index (χ4v) is 4.22. The van der Waals surface area contributed by atoms with E-state index < -0.39 is 0 Å². The van der Waals surface area contributed by atoms with Gasteiger partial charge in [-0.15, -0.1) is 0 Å². The Morgan fingerprint density at radius 1 is 0.703 bits per heavy atom. The van der Waals surface area contributed by atoms with Gasteiger partial charge in [-0.05, 0) is 29.8 Å². The molecular formula is C30H21ClN6. The van der Waals surface area contributed by atoms with Crippen LogP contribution in [0.5, 0.6) is 0 Å². The lowest BCUT2D eigenvalue weighted by Gasteiger charge is -2.12. The summed E-state index contributed by atoms with van der Waals surface area (Å²) in [7, 11) is 0. The highest BCUT2D eigenvalue weighted by molar-refractivity contribution is 6.31. The highest BCUT2D eigenvalue weighted by Crippen LogP contribution is 2.31. The first-order chi connectivity index (χ1) is 18.2. The number of hydrogen-bond donors (Lipinski definition) is 1. The first-order valence-electron chi connectivity index (χ1n) is 11.8. The number of halogens is 1. The normalized spacial score (nSPS) is 11.3. The lowest BCUT2D eigenvalue weighted by molar-refractivity contribution is 0.857. The number of nitrogens with zero attached hydrogens (tertiary/aromatic N) is 5. The van der Waals surface area contributed by atoms with Crippen molar-refractivity contribution in [2.24, 2.45) is 5.10 Å². The average molecular weight is 501 g/mol. The number of fused-ring (bicyclic) bond motifs is 1. The second-order valence-electron chi connectivity index (χ2n) is 8.37. The molecule has 0 saturated heterocycles. The first kappa shape index (κ1) is 22.6. The maximum Gasteiger partial charge on any atom is 0.199 e. The molecule has 4 aromatic carbocycles. The predicted octanol–water partition coefficient (Wildman–Crippen LogP) is 7.25. The molecular weight excluding hydrogens is 480 g/mol. The quantitative estimate of drug-likeness (QED) is 0.193. The summed E-state index contributed by atoms with van der Waals surface area (Å²) in [6.45, 7) is 0. The molecule has 0 bridgehead atoms. The zero-order valence-electron chi connectivity index (χ0n) is 19.7. The summed E-state index contributed by atoms with van der Waals surface area (Å²) >= 11 is 6.25. The summed E-state index contributed by atoms with van der Waals surface area (Å²) in [6, 6.07) is 37.5. The largest absolute Gasteiger partial charge is 0.258 e. The van der Waals surface area contributed by atoms with Crippen LogP contribution in [0, 0.1) is 0 Å². The minimum Gasteiger partial charge on any atom is -0.258 e. The van der Waals surface area contributed by atoms with Crippen molar-refractivity contribution >= 4 is 34.7 Å². The maximum atomic E-state index is 6.25. The number of nitrogens with one attached hydrogen (secondary N) is 1. The van der Waals surface area contributed by atoms with E-state index >= 15 is 0 Å². The van der Waals surface area contributed by atoms with E-state index in [0.717, 1.165) is 28.1 Å². The summed E-state index contributed by atoms with van der Waals surface area (Å²) in [5.74, 6) is 0.989. The third kappa shape index (κ3) is 4.83. The Morgan fingerprint density at radius 3 is 2.11 bits per heavy atom. The predicted molar refractivity (Wildman–Crippen MR) is 150 cm³/mol. The van der Waals surface area contributed by atoms with Gasteiger partial charge in [-0.3, -0.25) is 5.43 Å². The van der Waals surface area contributed by atoms with Crippen LogP contribution in [0.1, 0.15) is 5.56 Å². The van der Waals surface area contributed by atoms with Gasteiger partial charge in [0.1, 0.15) is 0 Å². The van der Waals surface area contributed by atoms with Gasteiger partial charge in [0.25, 0.3) is 0 Å². The van der Waals surface area contributed by atoms with Gasteiger partial charge in [-0.1, -0.05) is 103 Å². The molecule has 2 aromatic heterocycles. The van der Waals surface area contributed by atoms with Crippen molar-refractivity contribution in [1.29, 1.82) is 0 Å². The molecule has 6 aromatic rings. The van der Waals surface area contributed by atoms with E-state index in [4.69, 9.17) is 26.7 Å². The van der Waals surface area contributed by atoms with Gasteiger partial charge in [0.2, 0.25) is 0 Å². The Morgan fingerprint density at radius 2 is 1.38 bits per heavy atom. The van der Waals surface area contributed by atoms with Crippen LogP contribution in [0.25, 0.3) is 39.4 Å². The minimum atomic E-state index is 0.460. The first-order valence-corrected chi connectivity index (χ1v) is 12.2. The van der Waals surface area contributed by atoms with E-state index in [-0.39, 0.29) is 0 Å². The van der Waals surface area contributed by atoms with Crippen molar-refractivity contribution in [2.45, 2.75) is 0 Å². The Balaban J connectivity index is 1.53. The smallest absolute Gasteiger partial charge is 0.199 e. The van der Waals surface area contributed by atoms with Gasteiger partial charge in [-0.2, -0.15) is 10.2 Å². The monoisotopic (exact) mass is 500 g/mol. The summed E-state index contributed by atoms with van der Waals surface area (Å²) in [5.41, 5.74) is 9.15. The van der Waals surface area contributed by atoms with E-state index in [1.54, 1.807) is 18.3 Å². The Hall–Kier alpha value is -4.81. The van der Waals surface area contributed by atoms with Crippen LogP contribution in [0.3, 0.4) is 0 Å². The molecule has 0 fully saturated rings. The van der Waals surface area contributed by atoms with Crippen LogP contribution in [0.4, 0.5) is 5.82 Å². The van der Waals surface area contributed by atoms with Crippen molar-refractivity contribution in [2.75, 3.05) is 5.43 Å². The van der Waals surface area contributed by atoms with Gasteiger partial charge in [0, 0.05) is 16.1 Å². The SMILES string of the molecule is Clc1ccc2nc(-n3nc(-c4ccccc4)cc3-c3ccccc3)c(N/N=C/c3ccccc3)nc2c1. The van der Waals surface area contributed by atoms with E-state index in [1.165, 1.54) is 0 Å². The van der Waals surface area contributed by atoms with Crippen molar-refractivity contribution in [3.63, 3.8) is 0 Å². The lowest BCUT2D eigenvalue weighted by atomic mass is 10.1. The van der Waals surface area contributed by atoms with Crippen molar-refractivity contribution in [3.8, 4) is 28.3 Å². The molecule has 7 heteroatoms. The van der Waals surface area contributed by atoms with E-state index in [2.05, 4.69) is 28.7 Å². The van der Waals surface area contributed by atoms with Crippen molar-refractivity contribution in [3.05, 3.63) is 126 Å². The van der Waals surface area contributed by atoms with Crippen LogP contribution in [0.15, 0.2) is 120 Å². The fourth-order valence-electron chi connectivity index (χ4n) is 4.05. The topological polar surface area (TPSA) is 68.0 Å². The molecule has 6 rings (SSSR count). The standard InChI is InChI=1S/C30H21ClN6/c31-24-16-17-25-27(18-24)33-29(35-32-20-21-10-4-1-5-11-21)30(34-25)37-28(23-14-8-3-9-15-23)19-26(36-37)22-12-6-2-7-13-22/h1-20H,(H,33,35)/b32-20+. The van der Waals surface area contributed by atoms with Gasteiger partial charge in [-0.25, -0.2) is 14.6 Å². The molecule has 178 valence electrons. The molecule has 6 nitrogen and oxygen atoms in total. The Kier molecular flexibility index (Phi) is 6.15. The zero-order chi connectivity index (χ0) is 25.0. The summed E-state index contributed by atoms with van der Waals surface area (Å²) in [6.07, 6.45) is 1.74. The van der Waals surface area contributed by atoms with Crippen LogP contribution in [0.2, 0.25) is 5.02 Å². The second-order valence-corrected chi connectivity index (χ2v) is 8.80. The molecule has 0 unspecified atom stereocenters. The molecule has 0 aliphatic carbocycles. The number of benzene rings is 4. The highest BCUT2D eigenvalue weighted by atomic mass is 35.5. The van der Waals surface area contributed by atoms with Crippen LogP contribution >= 0.6 is 11.6 Å². The summed E-state index contributed by atoms with van der Waals surface area (Å²) < 4.78 is 1.82. The molecule has 0 saturated carbocycles. The maximum absolute atomic E-state index is 6.25. The van der Waals surface area contributed by atoms with E-state index in [9.17, 15) is 0 Å². The van der Waals surface area contributed by atoms with Crippen LogP contribution < -0.4 is 5.43 Å². The van der Waals surface area contributed by atoms with Gasteiger partial charge in [0.05, 0.1) is 28.6 Å². The van der Waals surface area contributed by atoms with E-state index in [0.29, 0.717) is 27.7 Å². The van der Waals surface area contributed by atoms with Gasteiger partial charge >= 0.3 is 0 Å². The number of hydrazone groups is 1. The fraction of sp³-hybridized carbons (Fsp3) is 0. The van der Waals surface area contributed by atoms with Crippen molar-refractivity contribution in [1.82, 2.24) is 19.7 Å². The van der Waals surface area contributed by atoms with Crippen LogP contribution in [-0.4, -0.2) is 26.0 Å². The number of aromatic nitrogens is 4. The van der Waals surface area contributed by atoms with Crippen LogP contribution in [-0.2, 0) is 0 Å². The third-order valence-corrected chi connectivity index (χ3v) is 6.08. The van der Waals surface area contributed by atoms with E-state index in [1.807, 2.05) is 89.6 Å². The Bertz CT molecular complexity index is 1700. The molecule has 2 heterocycles. The molecule has 0 radical (unpaired) electrons. The molecule has 0 aliphatic rings. The molecule has 37 heavy (non-hydrogen) atoms.